The van der Waals surface area contributed by atoms with E-state index in [0.29, 0.717) is 13.2 Å². The molecule has 82 valence electrons. The quantitative estimate of drug-likeness (QED) is 0.541. The predicted octanol–water partition coefficient (Wildman–Crippen LogP) is 1.11. The summed E-state index contributed by atoms with van der Waals surface area (Å²) in [7, 11) is 0. The van der Waals surface area contributed by atoms with Crippen molar-refractivity contribution < 1.29 is 19.2 Å². The van der Waals surface area contributed by atoms with Crippen LogP contribution in [-0.2, 0) is 19.2 Å². The van der Waals surface area contributed by atoms with Gasteiger partial charge in [0.05, 0.1) is 26.4 Å². The summed E-state index contributed by atoms with van der Waals surface area (Å²) in [6, 6.07) is 0. The zero-order valence-corrected chi connectivity index (χ0v) is 9.48. The Labute approximate surface area is 91.9 Å². The Morgan fingerprint density at radius 1 is 0.857 bits per heavy atom. The molecule has 0 aromatic heterocycles. The summed E-state index contributed by atoms with van der Waals surface area (Å²) in [5.74, 6) is 1.95. The molecular weight excluding hydrogens is 224 g/mol. The maximum absolute atomic E-state index is 5.26. The van der Waals surface area contributed by atoms with Crippen molar-refractivity contribution in [3.8, 4) is 0 Å². The van der Waals surface area contributed by atoms with Gasteiger partial charge >= 0.3 is 0 Å². The normalized spacial score (nSPS) is 34.3. The van der Waals surface area contributed by atoms with Crippen molar-refractivity contribution in [2.75, 3.05) is 37.9 Å². The molecule has 0 aliphatic carbocycles. The van der Waals surface area contributed by atoms with E-state index in [4.69, 9.17) is 19.2 Å². The first-order valence-electron chi connectivity index (χ1n) is 4.66. The Morgan fingerprint density at radius 2 is 1.36 bits per heavy atom. The molecule has 2 aliphatic rings. The van der Waals surface area contributed by atoms with E-state index in [1.54, 1.807) is 23.5 Å². The van der Waals surface area contributed by atoms with Gasteiger partial charge in [-0.05, 0) is 0 Å². The van der Waals surface area contributed by atoms with Gasteiger partial charge in [-0.25, -0.2) is 9.78 Å². The largest absolute Gasteiger partial charge is 0.377 e. The molecule has 2 unspecified atom stereocenters. The van der Waals surface area contributed by atoms with Crippen LogP contribution in [0.3, 0.4) is 0 Å². The van der Waals surface area contributed by atoms with Gasteiger partial charge in [0.15, 0.2) is 10.9 Å². The molecule has 2 atom stereocenters. The van der Waals surface area contributed by atoms with Crippen molar-refractivity contribution in [2.24, 2.45) is 0 Å². The van der Waals surface area contributed by atoms with E-state index in [1.807, 2.05) is 0 Å². The fourth-order valence-corrected chi connectivity index (χ4v) is 2.71. The number of thioether (sulfide) groups is 2. The highest BCUT2D eigenvalue weighted by Gasteiger charge is 2.20. The van der Waals surface area contributed by atoms with Crippen LogP contribution in [0.5, 0.6) is 0 Å². The molecule has 0 amide bonds. The van der Waals surface area contributed by atoms with Gasteiger partial charge in [-0.2, -0.15) is 0 Å². The second-order valence-corrected chi connectivity index (χ2v) is 5.48. The van der Waals surface area contributed by atoms with Crippen molar-refractivity contribution in [1.82, 2.24) is 0 Å². The molecule has 0 saturated carbocycles. The second kappa shape index (κ2) is 6.19. The van der Waals surface area contributed by atoms with Crippen molar-refractivity contribution in [3.63, 3.8) is 0 Å². The minimum Gasteiger partial charge on any atom is -0.377 e. The van der Waals surface area contributed by atoms with Crippen LogP contribution in [0.1, 0.15) is 0 Å². The molecule has 0 bridgehead atoms. The van der Waals surface area contributed by atoms with E-state index in [9.17, 15) is 0 Å². The number of hydrogen-bond acceptors (Lipinski definition) is 6. The van der Waals surface area contributed by atoms with Gasteiger partial charge in [0.2, 0.25) is 0 Å². The van der Waals surface area contributed by atoms with Crippen LogP contribution in [0.25, 0.3) is 0 Å². The summed E-state index contributed by atoms with van der Waals surface area (Å²) in [6.07, 6.45) is 0. The molecule has 6 heteroatoms. The summed E-state index contributed by atoms with van der Waals surface area (Å²) in [6.45, 7) is 2.85. The Kier molecular flexibility index (Phi) is 4.88. The Hall–Kier alpha value is 0.540. The molecule has 2 saturated heterocycles. The number of hydrogen-bond donors (Lipinski definition) is 0. The van der Waals surface area contributed by atoms with Crippen LogP contribution in [-0.4, -0.2) is 48.8 Å². The highest BCUT2D eigenvalue weighted by Crippen LogP contribution is 2.22. The minimum atomic E-state index is 0.0197. The third kappa shape index (κ3) is 3.60. The van der Waals surface area contributed by atoms with Gasteiger partial charge in [-0.1, -0.05) is 0 Å². The average Bonchev–Trinajstić information content (AvgIpc) is 2.29. The molecule has 2 rings (SSSR count). The molecule has 0 aromatic carbocycles. The fraction of sp³-hybridized carbons (Fsp3) is 1.00. The molecule has 0 spiro atoms. The minimum absolute atomic E-state index is 0.0197. The first-order valence-corrected chi connectivity index (χ1v) is 6.76. The van der Waals surface area contributed by atoms with Crippen LogP contribution in [0.4, 0.5) is 0 Å². The van der Waals surface area contributed by atoms with E-state index in [1.165, 1.54) is 0 Å². The summed E-state index contributed by atoms with van der Waals surface area (Å²) < 4.78 is 10.5. The van der Waals surface area contributed by atoms with Crippen LogP contribution >= 0.6 is 23.5 Å². The molecule has 0 aromatic rings. The summed E-state index contributed by atoms with van der Waals surface area (Å²) in [5.41, 5.74) is 0.0394. The molecule has 0 N–H and O–H groups in total. The first-order chi connectivity index (χ1) is 6.95. The summed E-state index contributed by atoms with van der Waals surface area (Å²) in [4.78, 5) is 10.5. The zero-order chi connectivity index (χ0) is 9.64. The van der Waals surface area contributed by atoms with Crippen LogP contribution in [0.15, 0.2) is 0 Å². The van der Waals surface area contributed by atoms with E-state index < -0.39 is 0 Å². The highest BCUT2D eigenvalue weighted by molar-refractivity contribution is 8.00. The monoisotopic (exact) mass is 238 g/mol. The molecule has 2 fully saturated rings. The van der Waals surface area contributed by atoms with E-state index >= 15 is 0 Å². The van der Waals surface area contributed by atoms with Crippen molar-refractivity contribution in [3.05, 3.63) is 0 Å². The zero-order valence-electron chi connectivity index (χ0n) is 7.85. The molecule has 2 heterocycles. The smallest absolute Gasteiger partial charge is 0.162 e. The Balaban J connectivity index is 1.60. The lowest BCUT2D eigenvalue weighted by Crippen LogP contribution is -2.28. The van der Waals surface area contributed by atoms with Gasteiger partial charge in [0, 0.05) is 11.5 Å². The van der Waals surface area contributed by atoms with Crippen molar-refractivity contribution in [1.29, 1.82) is 0 Å². The summed E-state index contributed by atoms with van der Waals surface area (Å²) in [5, 5.41) is 0. The molecule has 4 nitrogen and oxygen atoms in total. The molecule has 2 aliphatic heterocycles. The average molecular weight is 238 g/mol. The second-order valence-electron chi connectivity index (χ2n) is 2.94. The molecule has 14 heavy (non-hydrogen) atoms. The topological polar surface area (TPSA) is 36.9 Å². The van der Waals surface area contributed by atoms with Crippen LogP contribution in [0.2, 0.25) is 0 Å². The lowest BCUT2D eigenvalue weighted by molar-refractivity contribution is -0.324. The van der Waals surface area contributed by atoms with Gasteiger partial charge in [-0.3, -0.25) is 0 Å². The Bertz CT molecular complexity index is 139. The lowest BCUT2D eigenvalue weighted by Gasteiger charge is -2.25. The number of ether oxygens (including phenoxy) is 2. The first kappa shape index (κ1) is 11.0. The van der Waals surface area contributed by atoms with Crippen molar-refractivity contribution >= 4 is 23.5 Å². The third-order valence-corrected chi connectivity index (χ3v) is 3.82. The van der Waals surface area contributed by atoms with Gasteiger partial charge in [-0.15, -0.1) is 23.5 Å². The fourth-order valence-electron chi connectivity index (χ4n) is 1.17. The van der Waals surface area contributed by atoms with Crippen LogP contribution in [0, 0.1) is 0 Å². The molecular formula is C8H14O4S2. The lowest BCUT2D eigenvalue weighted by atomic mass is 10.7. The predicted molar refractivity (Wildman–Crippen MR) is 56.3 cm³/mol. The number of rotatable bonds is 3. The van der Waals surface area contributed by atoms with E-state index in [0.717, 1.165) is 24.7 Å². The van der Waals surface area contributed by atoms with E-state index in [-0.39, 0.29) is 10.9 Å². The third-order valence-electron chi connectivity index (χ3n) is 1.84. The SMILES string of the molecule is C1CSC(OOC2COCCS2)CO1. The summed E-state index contributed by atoms with van der Waals surface area (Å²) >= 11 is 3.46. The maximum atomic E-state index is 5.26. The van der Waals surface area contributed by atoms with Crippen LogP contribution < -0.4 is 0 Å². The van der Waals surface area contributed by atoms with E-state index in [2.05, 4.69) is 0 Å². The standard InChI is InChI=1S/C8H14O4S2/c1-3-13-7(5-9-1)11-12-8-6-10-2-4-14-8/h7-8H,1-6H2. The van der Waals surface area contributed by atoms with Crippen molar-refractivity contribution in [2.45, 2.75) is 10.9 Å². The molecule has 0 radical (unpaired) electrons. The highest BCUT2D eigenvalue weighted by atomic mass is 32.2. The van der Waals surface area contributed by atoms with Gasteiger partial charge in [0.1, 0.15) is 0 Å². The Morgan fingerprint density at radius 3 is 1.71 bits per heavy atom. The van der Waals surface area contributed by atoms with Gasteiger partial charge in [0.25, 0.3) is 0 Å². The maximum Gasteiger partial charge on any atom is 0.162 e. The van der Waals surface area contributed by atoms with Gasteiger partial charge < -0.3 is 9.47 Å².